The van der Waals surface area contributed by atoms with E-state index in [2.05, 4.69) is 9.97 Å². The highest BCUT2D eigenvalue weighted by atomic mass is 32.1. The molecule has 2 aromatic heterocycles. The molecule has 0 bridgehead atoms. The maximum Gasteiger partial charge on any atom is 0.307 e. The Hall–Kier alpha value is -2.48. The van der Waals surface area contributed by atoms with Crippen LogP contribution in [-0.2, 0) is 30.5 Å². The number of aliphatic carboxylic acids is 1. The lowest BCUT2D eigenvalue weighted by atomic mass is 9.92. The van der Waals surface area contributed by atoms with Crippen molar-refractivity contribution >= 4 is 27.5 Å². The van der Waals surface area contributed by atoms with Crippen molar-refractivity contribution < 1.29 is 23.1 Å². The van der Waals surface area contributed by atoms with Gasteiger partial charge in [-0.25, -0.2) is 18.2 Å². The van der Waals surface area contributed by atoms with Crippen molar-refractivity contribution in [1.29, 1.82) is 0 Å². The summed E-state index contributed by atoms with van der Waals surface area (Å²) in [6.07, 6.45) is 4.81. The van der Waals surface area contributed by atoms with Crippen molar-refractivity contribution in [2.24, 2.45) is 0 Å². The van der Waals surface area contributed by atoms with Gasteiger partial charge in [0.25, 0.3) is 0 Å². The summed E-state index contributed by atoms with van der Waals surface area (Å²) < 4.78 is 41.5. The summed E-state index contributed by atoms with van der Waals surface area (Å²) in [5, 5.41) is 9.78. The number of aromatic nitrogens is 2. The molecule has 154 valence electrons. The summed E-state index contributed by atoms with van der Waals surface area (Å²) >= 11 is 0.966. The van der Waals surface area contributed by atoms with Gasteiger partial charge in [-0.05, 0) is 29.5 Å². The molecular formula is C21H21F3N2O2S. The average Bonchev–Trinajstić information content (AvgIpc) is 3.09. The van der Waals surface area contributed by atoms with Crippen LogP contribution < -0.4 is 0 Å². The van der Waals surface area contributed by atoms with Gasteiger partial charge in [0, 0.05) is 24.4 Å². The van der Waals surface area contributed by atoms with Gasteiger partial charge >= 0.3 is 5.97 Å². The van der Waals surface area contributed by atoms with E-state index >= 15 is 0 Å². The predicted molar refractivity (Wildman–Crippen MR) is 106 cm³/mol. The maximum atomic E-state index is 14.0. The largest absolute Gasteiger partial charge is 0.481 e. The first-order valence-electron chi connectivity index (χ1n) is 9.48. The molecule has 0 fully saturated rings. The van der Waals surface area contributed by atoms with Crippen LogP contribution in [0.5, 0.6) is 0 Å². The molecule has 3 rings (SSSR count). The van der Waals surface area contributed by atoms with Gasteiger partial charge in [-0.3, -0.25) is 9.78 Å². The van der Waals surface area contributed by atoms with Crippen LogP contribution in [0.2, 0.25) is 0 Å². The van der Waals surface area contributed by atoms with Crippen molar-refractivity contribution in [1.82, 2.24) is 9.97 Å². The molecule has 29 heavy (non-hydrogen) atoms. The molecule has 0 radical (unpaired) electrons. The summed E-state index contributed by atoms with van der Waals surface area (Å²) in [6.45, 7) is 4.00. The summed E-state index contributed by atoms with van der Waals surface area (Å²) in [5.41, 5.74) is 2.85. The van der Waals surface area contributed by atoms with E-state index in [1.807, 2.05) is 13.8 Å². The van der Waals surface area contributed by atoms with E-state index in [0.717, 1.165) is 41.0 Å². The zero-order valence-electron chi connectivity index (χ0n) is 16.2. The third kappa shape index (κ3) is 4.42. The van der Waals surface area contributed by atoms with Crippen LogP contribution in [0.3, 0.4) is 0 Å². The van der Waals surface area contributed by atoms with E-state index in [1.165, 1.54) is 0 Å². The van der Waals surface area contributed by atoms with E-state index in [-0.39, 0.29) is 23.1 Å². The van der Waals surface area contributed by atoms with Crippen LogP contribution in [0.25, 0.3) is 10.2 Å². The van der Waals surface area contributed by atoms with Gasteiger partial charge in [-0.2, -0.15) is 0 Å². The first-order chi connectivity index (χ1) is 13.8. The molecule has 4 nitrogen and oxygen atoms in total. The lowest BCUT2D eigenvalue weighted by Crippen LogP contribution is -2.12. The number of fused-ring (bicyclic) bond motifs is 1. The van der Waals surface area contributed by atoms with E-state index in [9.17, 15) is 23.1 Å². The highest BCUT2D eigenvalue weighted by Crippen LogP contribution is 2.31. The van der Waals surface area contributed by atoms with Gasteiger partial charge < -0.3 is 5.11 Å². The molecule has 0 aliphatic heterocycles. The summed E-state index contributed by atoms with van der Waals surface area (Å²) in [4.78, 5) is 20.0. The minimum Gasteiger partial charge on any atom is -0.481 e. The number of thiazole rings is 1. The SMILES string of the molecule is CCCc1ncc(Cc2nc3c(F)c(F)cc(F)c3s2)c(CCC)c1CC(=O)O. The van der Waals surface area contributed by atoms with Gasteiger partial charge in [0.2, 0.25) is 0 Å². The fourth-order valence-corrected chi connectivity index (χ4v) is 4.46. The molecule has 1 aromatic carbocycles. The molecular weight excluding hydrogens is 401 g/mol. The molecule has 1 N–H and O–H groups in total. The van der Waals surface area contributed by atoms with Crippen LogP contribution in [0.15, 0.2) is 12.3 Å². The first kappa shape index (κ1) is 21.2. The number of pyridine rings is 1. The van der Waals surface area contributed by atoms with E-state index in [0.29, 0.717) is 29.5 Å². The van der Waals surface area contributed by atoms with Crippen molar-refractivity contribution in [3.05, 3.63) is 57.1 Å². The summed E-state index contributed by atoms with van der Waals surface area (Å²) in [5.74, 6) is -4.22. The Balaban J connectivity index is 2.08. The predicted octanol–water partition coefficient (Wildman–Crippen LogP) is 5.23. The molecule has 0 atom stereocenters. The Labute approximate surface area is 170 Å². The minimum atomic E-state index is -1.27. The number of halogens is 3. The third-order valence-electron chi connectivity index (χ3n) is 4.69. The molecule has 0 saturated carbocycles. The smallest absolute Gasteiger partial charge is 0.307 e. The number of hydrogen-bond acceptors (Lipinski definition) is 4. The monoisotopic (exact) mass is 422 g/mol. The number of benzene rings is 1. The average molecular weight is 422 g/mol. The fourth-order valence-electron chi connectivity index (χ4n) is 3.47. The van der Waals surface area contributed by atoms with Crippen LogP contribution in [0.4, 0.5) is 13.2 Å². The number of aryl methyl sites for hydroxylation is 1. The Bertz CT molecular complexity index is 1070. The van der Waals surface area contributed by atoms with Gasteiger partial charge in [-0.1, -0.05) is 26.7 Å². The normalized spacial score (nSPS) is 11.3. The van der Waals surface area contributed by atoms with Crippen LogP contribution >= 0.6 is 11.3 Å². The number of carboxylic acid groups (broad SMARTS) is 1. The van der Waals surface area contributed by atoms with Gasteiger partial charge in [0.15, 0.2) is 11.6 Å². The van der Waals surface area contributed by atoms with Crippen LogP contribution in [0, 0.1) is 17.5 Å². The van der Waals surface area contributed by atoms with Gasteiger partial charge in [0.05, 0.1) is 16.1 Å². The molecule has 8 heteroatoms. The lowest BCUT2D eigenvalue weighted by Gasteiger charge is -2.16. The zero-order chi connectivity index (χ0) is 21.1. The quantitative estimate of drug-likeness (QED) is 0.505. The second kappa shape index (κ2) is 8.90. The summed E-state index contributed by atoms with van der Waals surface area (Å²) in [6, 6.07) is 0.522. The second-order valence-electron chi connectivity index (χ2n) is 6.87. The molecule has 0 saturated heterocycles. The molecule has 0 amide bonds. The van der Waals surface area contributed by atoms with Crippen molar-refractivity contribution in [2.45, 2.75) is 52.4 Å². The van der Waals surface area contributed by atoms with Crippen molar-refractivity contribution in [3.63, 3.8) is 0 Å². The minimum absolute atomic E-state index is 0.0303. The Morgan fingerprint density at radius 3 is 2.48 bits per heavy atom. The first-order valence-corrected chi connectivity index (χ1v) is 10.3. The maximum absolute atomic E-state index is 14.0. The van der Waals surface area contributed by atoms with Crippen LogP contribution in [0.1, 0.15) is 54.1 Å². The van der Waals surface area contributed by atoms with Crippen LogP contribution in [-0.4, -0.2) is 21.0 Å². The standard InChI is InChI=1S/C21H21F3N2O2S/c1-3-5-12-11(10-25-16(6-4-2)13(12)8-18(27)28)7-17-26-20-19(24)14(22)9-15(23)21(20)29-17/h9-10H,3-8H2,1-2H3,(H,27,28). The molecule has 2 heterocycles. The van der Waals surface area contributed by atoms with Gasteiger partial charge in [0.1, 0.15) is 11.3 Å². The Morgan fingerprint density at radius 1 is 1.10 bits per heavy atom. The topological polar surface area (TPSA) is 63.1 Å². The fraction of sp³-hybridized carbons (Fsp3) is 0.381. The number of hydrogen-bond donors (Lipinski definition) is 1. The molecule has 0 unspecified atom stereocenters. The molecule has 0 aliphatic carbocycles. The van der Waals surface area contributed by atoms with E-state index in [1.54, 1.807) is 6.20 Å². The lowest BCUT2D eigenvalue weighted by molar-refractivity contribution is -0.136. The van der Waals surface area contributed by atoms with E-state index in [4.69, 9.17) is 0 Å². The number of rotatable bonds is 8. The second-order valence-corrected chi connectivity index (χ2v) is 7.96. The molecule has 3 aromatic rings. The third-order valence-corrected chi connectivity index (χ3v) is 5.76. The number of carboxylic acids is 1. The Morgan fingerprint density at radius 2 is 1.83 bits per heavy atom. The molecule has 0 spiro atoms. The highest BCUT2D eigenvalue weighted by Gasteiger charge is 2.20. The van der Waals surface area contributed by atoms with Gasteiger partial charge in [-0.15, -0.1) is 11.3 Å². The number of carbonyl (C=O) groups is 1. The van der Waals surface area contributed by atoms with Crippen molar-refractivity contribution in [2.75, 3.05) is 0 Å². The van der Waals surface area contributed by atoms with E-state index < -0.39 is 23.4 Å². The summed E-state index contributed by atoms with van der Waals surface area (Å²) in [7, 11) is 0. The highest BCUT2D eigenvalue weighted by molar-refractivity contribution is 7.18. The number of nitrogens with zero attached hydrogens (tertiary/aromatic N) is 2. The Kier molecular flexibility index (Phi) is 6.52. The zero-order valence-corrected chi connectivity index (χ0v) is 17.0. The molecule has 0 aliphatic rings. The van der Waals surface area contributed by atoms with Crippen molar-refractivity contribution in [3.8, 4) is 0 Å².